The molecule has 0 bridgehead atoms. The molecule has 2 aliphatic carbocycles. The molecule has 0 heterocycles. The molecule has 114 valence electrons. The zero-order valence-electron chi connectivity index (χ0n) is 12.4. The van der Waals surface area contributed by atoms with Gasteiger partial charge in [0.2, 0.25) is 0 Å². The molecule has 20 heavy (non-hydrogen) atoms. The number of rotatable bonds is 5. The molecule has 3 N–H and O–H groups in total. The van der Waals surface area contributed by atoms with Gasteiger partial charge in [-0.2, -0.15) is 0 Å². The molecule has 0 spiro atoms. The van der Waals surface area contributed by atoms with Gasteiger partial charge in [0, 0.05) is 18.6 Å². The summed E-state index contributed by atoms with van der Waals surface area (Å²) in [7, 11) is 1.68. The molecule has 2 aliphatic rings. The number of amides is 2. The van der Waals surface area contributed by atoms with Crippen LogP contribution >= 0.6 is 0 Å². The topological polar surface area (TPSA) is 87.7 Å². The summed E-state index contributed by atoms with van der Waals surface area (Å²) in [6.45, 7) is 4.12. The van der Waals surface area contributed by atoms with Crippen molar-refractivity contribution in [3.63, 3.8) is 0 Å². The number of carboxylic acids is 1. The zero-order chi connectivity index (χ0) is 15.0. The van der Waals surface area contributed by atoms with Gasteiger partial charge >= 0.3 is 12.0 Å². The lowest BCUT2D eigenvalue weighted by atomic mass is 9.64. The minimum atomic E-state index is -0.867. The van der Waals surface area contributed by atoms with Crippen LogP contribution in [0.1, 0.15) is 46.0 Å². The van der Waals surface area contributed by atoms with Gasteiger partial charge in [0.15, 0.2) is 0 Å². The zero-order valence-corrected chi connectivity index (χ0v) is 12.4. The highest BCUT2D eigenvalue weighted by atomic mass is 16.5. The first-order valence-electron chi connectivity index (χ1n) is 7.12. The fraction of sp³-hybridized carbons (Fsp3) is 0.857. The number of nitrogens with one attached hydrogen (secondary N) is 2. The summed E-state index contributed by atoms with van der Waals surface area (Å²) in [5.74, 6) is -0.867. The van der Waals surface area contributed by atoms with Crippen molar-refractivity contribution in [2.24, 2.45) is 5.41 Å². The molecule has 2 saturated carbocycles. The van der Waals surface area contributed by atoms with E-state index in [1.54, 1.807) is 7.11 Å². The first-order chi connectivity index (χ1) is 9.29. The Balaban J connectivity index is 1.86. The van der Waals surface area contributed by atoms with Crippen molar-refractivity contribution >= 4 is 12.0 Å². The van der Waals surface area contributed by atoms with E-state index in [1.165, 1.54) is 0 Å². The second-order valence-electron chi connectivity index (χ2n) is 6.64. The summed E-state index contributed by atoms with van der Waals surface area (Å²) in [5.41, 5.74) is -0.643. The van der Waals surface area contributed by atoms with Gasteiger partial charge in [-0.1, -0.05) is 13.8 Å². The monoisotopic (exact) mass is 284 g/mol. The van der Waals surface area contributed by atoms with Crippen molar-refractivity contribution in [3.8, 4) is 0 Å². The third-order valence-corrected chi connectivity index (χ3v) is 4.95. The van der Waals surface area contributed by atoms with Crippen molar-refractivity contribution in [2.75, 3.05) is 7.11 Å². The van der Waals surface area contributed by atoms with Gasteiger partial charge < -0.3 is 20.5 Å². The number of carboxylic acid groups (broad SMARTS) is 1. The van der Waals surface area contributed by atoms with Gasteiger partial charge in [0.05, 0.1) is 18.1 Å². The summed E-state index contributed by atoms with van der Waals surface area (Å²) in [6.07, 6.45) is 3.39. The molecule has 2 fully saturated rings. The number of urea groups is 1. The summed E-state index contributed by atoms with van der Waals surface area (Å²) < 4.78 is 5.35. The van der Waals surface area contributed by atoms with Gasteiger partial charge in [0.1, 0.15) is 0 Å². The summed E-state index contributed by atoms with van der Waals surface area (Å²) >= 11 is 0. The van der Waals surface area contributed by atoms with E-state index in [4.69, 9.17) is 9.84 Å². The van der Waals surface area contributed by atoms with Crippen LogP contribution in [0.2, 0.25) is 0 Å². The Bertz CT molecular complexity index is 404. The second-order valence-corrected chi connectivity index (χ2v) is 6.64. The van der Waals surface area contributed by atoms with Gasteiger partial charge in [-0.25, -0.2) is 4.79 Å². The molecule has 2 rings (SSSR count). The van der Waals surface area contributed by atoms with Crippen LogP contribution in [-0.4, -0.2) is 41.9 Å². The maximum absolute atomic E-state index is 12.1. The number of methoxy groups -OCH3 is 1. The normalized spacial score (nSPS) is 29.8. The molecule has 2 atom stereocenters. The van der Waals surface area contributed by atoms with E-state index >= 15 is 0 Å². The number of carbonyl (C=O) groups excluding carboxylic acids is 1. The lowest BCUT2D eigenvalue weighted by molar-refractivity contribution is -0.139. The minimum Gasteiger partial charge on any atom is -0.481 e. The van der Waals surface area contributed by atoms with Crippen molar-refractivity contribution in [1.29, 1.82) is 0 Å². The molecule has 0 aromatic heterocycles. The van der Waals surface area contributed by atoms with E-state index in [0.29, 0.717) is 0 Å². The third kappa shape index (κ3) is 2.75. The number of hydrogen-bond donors (Lipinski definition) is 3. The standard InChI is InChI=1S/C14H24N2O4/c1-13(2)9(7-10(13)20-3)15-12(19)16-14(5-4-6-14)8-11(17)18/h9-10H,4-8H2,1-3H3,(H,17,18)(H2,15,16,19). The van der Waals surface area contributed by atoms with E-state index in [9.17, 15) is 9.59 Å². The Hall–Kier alpha value is -1.30. The van der Waals surface area contributed by atoms with Crippen LogP contribution in [0.15, 0.2) is 0 Å². The average molecular weight is 284 g/mol. The smallest absolute Gasteiger partial charge is 0.315 e. The molecule has 2 amide bonds. The first kappa shape index (κ1) is 15.1. The maximum Gasteiger partial charge on any atom is 0.315 e. The molecular weight excluding hydrogens is 260 g/mol. The molecule has 0 aliphatic heterocycles. The third-order valence-electron chi connectivity index (χ3n) is 4.95. The Morgan fingerprint density at radius 1 is 1.35 bits per heavy atom. The Kier molecular flexibility index (Phi) is 3.95. The van der Waals surface area contributed by atoms with Crippen LogP contribution < -0.4 is 10.6 Å². The second kappa shape index (κ2) is 5.24. The van der Waals surface area contributed by atoms with Crippen molar-refractivity contribution in [1.82, 2.24) is 10.6 Å². The lowest BCUT2D eigenvalue weighted by Gasteiger charge is -2.51. The molecule has 0 saturated heterocycles. The van der Waals surface area contributed by atoms with Crippen LogP contribution in [0.25, 0.3) is 0 Å². The SMILES string of the molecule is COC1CC(NC(=O)NC2(CC(=O)O)CCC2)C1(C)C. The largest absolute Gasteiger partial charge is 0.481 e. The molecule has 0 aromatic rings. The van der Waals surface area contributed by atoms with Gasteiger partial charge in [0.25, 0.3) is 0 Å². The van der Waals surface area contributed by atoms with Crippen molar-refractivity contribution in [2.45, 2.75) is 63.6 Å². The highest BCUT2D eigenvalue weighted by Crippen LogP contribution is 2.42. The van der Waals surface area contributed by atoms with Gasteiger partial charge in [-0.05, 0) is 25.7 Å². The Labute approximate surface area is 119 Å². The van der Waals surface area contributed by atoms with Crippen LogP contribution in [0.4, 0.5) is 4.79 Å². The first-order valence-corrected chi connectivity index (χ1v) is 7.12. The predicted octanol–water partition coefficient (Wildman–Crippen LogP) is 1.50. The Morgan fingerprint density at radius 2 is 2.00 bits per heavy atom. The van der Waals surface area contributed by atoms with Crippen LogP contribution in [0.5, 0.6) is 0 Å². The van der Waals surface area contributed by atoms with Crippen LogP contribution in [-0.2, 0) is 9.53 Å². The van der Waals surface area contributed by atoms with Gasteiger partial charge in [-0.15, -0.1) is 0 Å². The average Bonchev–Trinajstić information content (AvgIpc) is 2.30. The van der Waals surface area contributed by atoms with Crippen molar-refractivity contribution in [3.05, 3.63) is 0 Å². The molecular formula is C14H24N2O4. The van der Waals surface area contributed by atoms with Gasteiger partial charge in [-0.3, -0.25) is 4.79 Å². The van der Waals surface area contributed by atoms with E-state index < -0.39 is 11.5 Å². The maximum atomic E-state index is 12.1. The summed E-state index contributed by atoms with van der Waals surface area (Å²) in [4.78, 5) is 22.9. The lowest BCUT2D eigenvalue weighted by Crippen LogP contribution is -2.65. The summed E-state index contributed by atoms with van der Waals surface area (Å²) in [6, 6.07) is -0.201. The number of hydrogen-bond acceptors (Lipinski definition) is 3. The highest BCUT2D eigenvalue weighted by Gasteiger charge is 2.50. The predicted molar refractivity (Wildman–Crippen MR) is 73.5 cm³/mol. The molecule has 6 nitrogen and oxygen atoms in total. The van der Waals surface area contributed by atoms with E-state index in [2.05, 4.69) is 24.5 Å². The number of ether oxygens (including phenoxy) is 1. The fourth-order valence-corrected chi connectivity index (χ4v) is 3.20. The van der Waals surface area contributed by atoms with E-state index in [0.717, 1.165) is 25.7 Å². The van der Waals surface area contributed by atoms with E-state index in [-0.39, 0.29) is 30.0 Å². The molecule has 0 radical (unpaired) electrons. The van der Waals surface area contributed by atoms with Crippen LogP contribution in [0, 0.1) is 5.41 Å². The summed E-state index contributed by atoms with van der Waals surface area (Å²) in [5, 5.41) is 14.7. The minimum absolute atomic E-state index is 0.00479. The molecule has 0 aromatic carbocycles. The molecule has 6 heteroatoms. The Morgan fingerprint density at radius 3 is 2.40 bits per heavy atom. The number of carbonyl (C=O) groups is 2. The quantitative estimate of drug-likeness (QED) is 0.714. The number of aliphatic carboxylic acids is 1. The van der Waals surface area contributed by atoms with Crippen LogP contribution in [0.3, 0.4) is 0 Å². The highest BCUT2D eigenvalue weighted by molar-refractivity contribution is 5.77. The van der Waals surface area contributed by atoms with Crippen molar-refractivity contribution < 1.29 is 19.4 Å². The fourth-order valence-electron chi connectivity index (χ4n) is 3.20. The molecule has 2 unspecified atom stereocenters. The van der Waals surface area contributed by atoms with E-state index in [1.807, 2.05) is 0 Å².